The van der Waals surface area contributed by atoms with E-state index >= 15 is 0 Å². The summed E-state index contributed by atoms with van der Waals surface area (Å²) in [6, 6.07) is 21.4. The zero-order valence-electron chi connectivity index (χ0n) is 15.7. The maximum atomic E-state index is 12.7. The molecule has 3 aromatic rings. The van der Waals surface area contributed by atoms with Gasteiger partial charge in [0.2, 0.25) is 5.88 Å². The van der Waals surface area contributed by atoms with Crippen LogP contribution in [0.2, 0.25) is 0 Å². The molecule has 0 saturated heterocycles. The monoisotopic (exact) mass is 363 g/mol. The number of benzene rings is 2. The third-order valence-electron chi connectivity index (χ3n) is 4.42. The highest BCUT2D eigenvalue weighted by molar-refractivity contribution is 5.33. The van der Waals surface area contributed by atoms with Crippen LogP contribution in [-0.2, 0) is 25.0 Å². The van der Waals surface area contributed by atoms with Gasteiger partial charge in [0.25, 0.3) is 0 Å². The molecule has 0 aliphatic heterocycles. The lowest BCUT2D eigenvalue weighted by Crippen LogP contribution is -2.27. The van der Waals surface area contributed by atoms with Gasteiger partial charge in [-0.15, -0.1) is 0 Å². The molecule has 0 fully saturated rings. The van der Waals surface area contributed by atoms with Gasteiger partial charge in [0.1, 0.15) is 6.61 Å². The number of aromatic amines is 1. The van der Waals surface area contributed by atoms with Gasteiger partial charge in [-0.2, -0.15) is 0 Å². The van der Waals surface area contributed by atoms with Gasteiger partial charge in [0.05, 0.1) is 11.2 Å². The van der Waals surface area contributed by atoms with Crippen molar-refractivity contribution >= 4 is 0 Å². The summed E-state index contributed by atoms with van der Waals surface area (Å²) < 4.78 is 5.91. The van der Waals surface area contributed by atoms with Crippen LogP contribution in [-0.4, -0.2) is 10.1 Å². The Morgan fingerprint density at radius 3 is 2.11 bits per heavy atom. The number of hydrogen-bond donors (Lipinski definition) is 2. The van der Waals surface area contributed by atoms with Crippen molar-refractivity contribution in [3.05, 3.63) is 99.3 Å². The number of ether oxygens (including phenoxy) is 1. The molecule has 0 atom stereocenters. The molecule has 0 bridgehead atoms. The van der Waals surface area contributed by atoms with E-state index < -0.39 is 5.60 Å². The molecule has 0 amide bonds. The summed E-state index contributed by atoms with van der Waals surface area (Å²) in [5, 5.41) is 10.4. The maximum absolute atomic E-state index is 12.7. The van der Waals surface area contributed by atoms with Crippen LogP contribution < -0.4 is 10.2 Å². The number of nitrogens with one attached hydrogen (secondary N) is 1. The number of hydrogen-bond acceptors (Lipinski definition) is 3. The topological polar surface area (TPSA) is 62.3 Å². The van der Waals surface area contributed by atoms with E-state index in [2.05, 4.69) is 17.1 Å². The highest BCUT2D eigenvalue weighted by Crippen LogP contribution is 2.26. The number of H-pyrrole nitrogens is 1. The number of pyridine rings is 1. The second-order valence-electron chi connectivity index (χ2n) is 7.18. The SMILES string of the molecule is CC(C)(O)c1c(OCc2ccccc2)[nH]c(CCc2ccccc2)cc1=O. The fraction of sp³-hybridized carbons (Fsp3) is 0.261. The van der Waals surface area contributed by atoms with Crippen molar-refractivity contribution in [1.29, 1.82) is 0 Å². The number of rotatable bonds is 7. The Kier molecular flexibility index (Phi) is 5.77. The van der Waals surface area contributed by atoms with Gasteiger partial charge >= 0.3 is 0 Å². The van der Waals surface area contributed by atoms with E-state index in [1.807, 2.05) is 48.5 Å². The van der Waals surface area contributed by atoms with Gasteiger partial charge in [-0.05, 0) is 37.8 Å². The van der Waals surface area contributed by atoms with Crippen molar-refractivity contribution in [2.75, 3.05) is 0 Å². The third-order valence-corrected chi connectivity index (χ3v) is 4.42. The van der Waals surface area contributed by atoms with Crippen molar-refractivity contribution in [1.82, 2.24) is 4.98 Å². The zero-order chi connectivity index (χ0) is 19.3. The summed E-state index contributed by atoms with van der Waals surface area (Å²) >= 11 is 0. The molecule has 140 valence electrons. The van der Waals surface area contributed by atoms with E-state index in [1.54, 1.807) is 19.9 Å². The predicted molar refractivity (Wildman–Crippen MR) is 107 cm³/mol. The van der Waals surface area contributed by atoms with E-state index in [1.165, 1.54) is 5.56 Å². The average Bonchev–Trinajstić information content (AvgIpc) is 2.65. The van der Waals surface area contributed by atoms with Gasteiger partial charge in [0, 0.05) is 11.8 Å². The molecule has 4 nitrogen and oxygen atoms in total. The van der Waals surface area contributed by atoms with Gasteiger partial charge < -0.3 is 14.8 Å². The van der Waals surface area contributed by atoms with Crippen molar-refractivity contribution in [3.63, 3.8) is 0 Å². The number of aliphatic hydroxyl groups is 1. The first kappa shape index (κ1) is 18.9. The quantitative estimate of drug-likeness (QED) is 0.668. The Hall–Kier alpha value is -2.85. The van der Waals surface area contributed by atoms with Crippen molar-refractivity contribution in [2.24, 2.45) is 0 Å². The van der Waals surface area contributed by atoms with Crippen LogP contribution in [0.1, 0.15) is 36.2 Å². The van der Waals surface area contributed by atoms with Crippen LogP contribution >= 0.6 is 0 Å². The smallest absolute Gasteiger partial charge is 0.201 e. The Bertz CT molecular complexity index is 925. The lowest BCUT2D eigenvalue weighted by atomic mass is 9.98. The standard InChI is InChI=1S/C23H25NO3/c1-23(2,26)21-20(25)15-19(14-13-17-9-5-3-6-10-17)24-22(21)27-16-18-11-7-4-8-12-18/h3-12,15,26H,13-14,16H2,1-2H3,(H,24,25). The molecule has 2 N–H and O–H groups in total. The Morgan fingerprint density at radius 1 is 0.926 bits per heavy atom. The molecule has 27 heavy (non-hydrogen) atoms. The first-order chi connectivity index (χ1) is 12.9. The summed E-state index contributed by atoms with van der Waals surface area (Å²) in [5.41, 5.74) is 1.73. The first-order valence-electron chi connectivity index (χ1n) is 9.13. The molecule has 0 radical (unpaired) electrons. The summed E-state index contributed by atoms with van der Waals surface area (Å²) in [6.07, 6.45) is 1.50. The number of aromatic nitrogens is 1. The van der Waals surface area contributed by atoms with Gasteiger partial charge in [-0.3, -0.25) is 4.79 Å². The van der Waals surface area contributed by atoms with E-state index in [0.29, 0.717) is 18.9 Å². The van der Waals surface area contributed by atoms with Crippen LogP contribution in [0.15, 0.2) is 71.5 Å². The van der Waals surface area contributed by atoms with Crippen LogP contribution in [0.3, 0.4) is 0 Å². The molecular weight excluding hydrogens is 338 g/mol. The first-order valence-corrected chi connectivity index (χ1v) is 9.13. The summed E-state index contributed by atoms with van der Waals surface area (Å²) in [6.45, 7) is 3.51. The molecule has 0 aliphatic carbocycles. The van der Waals surface area contributed by atoms with Crippen LogP contribution in [0.4, 0.5) is 0 Å². The molecule has 2 aromatic carbocycles. The zero-order valence-corrected chi connectivity index (χ0v) is 15.7. The minimum Gasteiger partial charge on any atom is -0.474 e. The molecule has 1 aromatic heterocycles. The molecule has 3 rings (SSSR count). The molecule has 0 spiro atoms. The molecule has 0 saturated carbocycles. The van der Waals surface area contributed by atoms with Gasteiger partial charge in [0.15, 0.2) is 5.43 Å². The minimum atomic E-state index is -1.29. The van der Waals surface area contributed by atoms with Crippen LogP contribution in [0.5, 0.6) is 5.88 Å². The van der Waals surface area contributed by atoms with E-state index in [4.69, 9.17) is 4.74 Å². The van der Waals surface area contributed by atoms with E-state index in [0.717, 1.165) is 17.7 Å². The molecule has 0 unspecified atom stereocenters. The largest absolute Gasteiger partial charge is 0.474 e. The van der Waals surface area contributed by atoms with Gasteiger partial charge in [-0.1, -0.05) is 60.7 Å². The lowest BCUT2D eigenvalue weighted by molar-refractivity contribution is 0.0722. The van der Waals surface area contributed by atoms with Crippen molar-refractivity contribution in [2.45, 2.75) is 38.9 Å². The van der Waals surface area contributed by atoms with Gasteiger partial charge in [-0.25, -0.2) is 0 Å². The predicted octanol–water partition coefficient (Wildman–Crippen LogP) is 3.97. The van der Waals surface area contributed by atoms with Crippen molar-refractivity contribution < 1.29 is 9.84 Å². The lowest BCUT2D eigenvalue weighted by Gasteiger charge is -2.21. The minimum absolute atomic E-state index is 0.215. The van der Waals surface area contributed by atoms with E-state index in [-0.39, 0.29) is 11.0 Å². The fourth-order valence-electron chi connectivity index (χ4n) is 3.06. The highest BCUT2D eigenvalue weighted by atomic mass is 16.5. The molecule has 0 aliphatic rings. The molecule has 1 heterocycles. The van der Waals surface area contributed by atoms with Crippen LogP contribution in [0.25, 0.3) is 0 Å². The number of aryl methyl sites for hydroxylation is 2. The Balaban J connectivity index is 1.85. The van der Waals surface area contributed by atoms with Crippen molar-refractivity contribution in [3.8, 4) is 5.88 Å². The summed E-state index contributed by atoms with van der Waals surface area (Å²) in [4.78, 5) is 15.9. The summed E-state index contributed by atoms with van der Waals surface area (Å²) in [7, 11) is 0. The molecule has 4 heteroatoms. The molecular formula is C23H25NO3. The van der Waals surface area contributed by atoms with Crippen LogP contribution in [0, 0.1) is 0 Å². The highest BCUT2D eigenvalue weighted by Gasteiger charge is 2.26. The second kappa shape index (κ2) is 8.23. The fourth-order valence-corrected chi connectivity index (χ4v) is 3.06. The normalized spacial score (nSPS) is 11.4. The second-order valence-corrected chi connectivity index (χ2v) is 7.18. The van der Waals surface area contributed by atoms with E-state index in [9.17, 15) is 9.90 Å². The summed E-state index contributed by atoms with van der Waals surface area (Å²) in [5.74, 6) is 0.335. The Labute approximate surface area is 159 Å². The Morgan fingerprint density at radius 2 is 1.52 bits per heavy atom. The maximum Gasteiger partial charge on any atom is 0.201 e. The average molecular weight is 363 g/mol. The third kappa shape index (κ3) is 5.08.